The Morgan fingerprint density at radius 3 is 2.08 bits per heavy atom. The molecule has 6 heteroatoms. The lowest BCUT2D eigenvalue weighted by Crippen LogP contribution is -2.38. The first-order valence-corrected chi connectivity index (χ1v) is 12.9. The van der Waals surface area contributed by atoms with Crippen molar-refractivity contribution in [3.8, 4) is 5.75 Å². The zero-order valence-electron chi connectivity index (χ0n) is 22.7. The van der Waals surface area contributed by atoms with Crippen LogP contribution in [-0.4, -0.2) is 58.9 Å². The van der Waals surface area contributed by atoms with Crippen LogP contribution >= 0.6 is 0 Å². The van der Waals surface area contributed by atoms with Crippen LogP contribution < -0.4 is 4.74 Å². The van der Waals surface area contributed by atoms with Gasteiger partial charge in [0.2, 0.25) is 0 Å². The van der Waals surface area contributed by atoms with Crippen molar-refractivity contribution in [1.82, 2.24) is 9.80 Å². The first-order valence-electron chi connectivity index (χ1n) is 12.9. The summed E-state index contributed by atoms with van der Waals surface area (Å²) in [5, 5.41) is 11.3. The number of amides is 1. The fraction of sp³-hybridized carbons (Fsp3) is 0.467. The number of aliphatic hydroxyl groups excluding tert-OH is 1. The largest absolute Gasteiger partial charge is 0.507 e. The van der Waals surface area contributed by atoms with Gasteiger partial charge in [0.25, 0.3) is 11.7 Å². The van der Waals surface area contributed by atoms with E-state index in [1.807, 2.05) is 38.1 Å². The summed E-state index contributed by atoms with van der Waals surface area (Å²) in [6.07, 6.45) is 0.0247. The number of carbonyl (C=O) groups excluding carboxylic acids is 2. The fourth-order valence-corrected chi connectivity index (χ4v) is 4.53. The average Bonchev–Trinajstić information content (AvgIpc) is 3.09. The molecule has 0 unspecified atom stereocenters. The van der Waals surface area contributed by atoms with Crippen molar-refractivity contribution in [2.45, 2.75) is 66.0 Å². The molecule has 6 nitrogen and oxygen atoms in total. The minimum atomic E-state index is -0.653. The first kappa shape index (κ1) is 27.5. The predicted molar refractivity (Wildman–Crippen MR) is 144 cm³/mol. The quantitative estimate of drug-likeness (QED) is 0.283. The molecule has 1 amide bonds. The second kappa shape index (κ2) is 11.3. The van der Waals surface area contributed by atoms with E-state index in [1.165, 1.54) is 0 Å². The standard InChI is InChI=1S/C30H40N2O4/c1-8-31(9-2)18-19-32-26(21-10-14-23(15-11-21)30(5,6)7)25(28(34)29(32)35)27(33)22-12-16-24(17-13-22)36-20(3)4/h10-17,20,26,33H,8-9,18-19H2,1-7H3/b27-25+/t26-/m1/s1. The first-order chi connectivity index (χ1) is 17.0. The zero-order chi connectivity index (χ0) is 26.6. The Labute approximate surface area is 215 Å². The van der Waals surface area contributed by atoms with Gasteiger partial charge >= 0.3 is 0 Å². The van der Waals surface area contributed by atoms with E-state index < -0.39 is 17.7 Å². The van der Waals surface area contributed by atoms with E-state index in [2.05, 4.69) is 39.5 Å². The number of aliphatic hydroxyl groups is 1. The predicted octanol–water partition coefficient (Wildman–Crippen LogP) is 5.53. The van der Waals surface area contributed by atoms with Crippen LogP contribution in [-0.2, 0) is 15.0 Å². The van der Waals surface area contributed by atoms with Crippen LogP contribution in [0.1, 0.15) is 71.2 Å². The van der Waals surface area contributed by atoms with Crippen LogP contribution in [0.3, 0.4) is 0 Å². The number of nitrogens with zero attached hydrogens (tertiary/aromatic N) is 2. The summed E-state index contributed by atoms with van der Waals surface area (Å²) < 4.78 is 5.70. The van der Waals surface area contributed by atoms with Gasteiger partial charge in [0.15, 0.2) is 0 Å². The molecule has 2 aromatic rings. The molecular formula is C30H40N2O4. The van der Waals surface area contributed by atoms with Gasteiger partial charge in [-0.3, -0.25) is 9.59 Å². The number of hydrogen-bond acceptors (Lipinski definition) is 5. The average molecular weight is 493 g/mol. The Balaban J connectivity index is 2.07. The number of hydrogen-bond donors (Lipinski definition) is 1. The minimum Gasteiger partial charge on any atom is -0.507 e. The molecule has 1 aliphatic heterocycles. The lowest BCUT2D eigenvalue weighted by molar-refractivity contribution is -0.140. The van der Waals surface area contributed by atoms with Gasteiger partial charge < -0.3 is 19.6 Å². The van der Waals surface area contributed by atoms with Crippen molar-refractivity contribution in [2.24, 2.45) is 0 Å². The van der Waals surface area contributed by atoms with Crippen molar-refractivity contribution in [1.29, 1.82) is 0 Å². The molecular weight excluding hydrogens is 452 g/mol. The third-order valence-electron chi connectivity index (χ3n) is 6.68. The normalized spacial score (nSPS) is 17.9. The third kappa shape index (κ3) is 5.98. The summed E-state index contributed by atoms with van der Waals surface area (Å²) in [6.45, 7) is 17.2. The summed E-state index contributed by atoms with van der Waals surface area (Å²) in [5.41, 5.74) is 2.54. The van der Waals surface area contributed by atoms with Crippen molar-refractivity contribution in [2.75, 3.05) is 26.2 Å². The Kier molecular flexibility index (Phi) is 8.62. The highest BCUT2D eigenvalue weighted by Gasteiger charge is 2.46. The van der Waals surface area contributed by atoms with E-state index in [4.69, 9.17) is 4.74 Å². The molecule has 36 heavy (non-hydrogen) atoms. The number of benzene rings is 2. The van der Waals surface area contributed by atoms with Crippen molar-refractivity contribution >= 4 is 17.4 Å². The van der Waals surface area contributed by atoms with Gasteiger partial charge in [-0.05, 0) is 67.7 Å². The summed E-state index contributed by atoms with van der Waals surface area (Å²) >= 11 is 0. The van der Waals surface area contributed by atoms with Gasteiger partial charge in [-0.25, -0.2) is 0 Å². The molecule has 0 bridgehead atoms. The third-order valence-corrected chi connectivity index (χ3v) is 6.68. The van der Waals surface area contributed by atoms with E-state index >= 15 is 0 Å². The minimum absolute atomic E-state index is 0.0247. The highest BCUT2D eigenvalue weighted by Crippen LogP contribution is 2.40. The summed E-state index contributed by atoms with van der Waals surface area (Å²) in [6, 6.07) is 14.3. The maximum atomic E-state index is 13.3. The molecule has 1 heterocycles. The number of ether oxygens (including phenoxy) is 1. The lowest BCUT2D eigenvalue weighted by Gasteiger charge is -2.28. The number of Topliss-reactive ketones (excluding diaryl/α,β-unsaturated/α-hetero) is 1. The lowest BCUT2D eigenvalue weighted by atomic mass is 9.85. The van der Waals surface area contributed by atoms with Gasteiger partial charge in [0.05, 0.1) is 17.7 Å². The summed E-state index contributed by atoms with van der Waals surface area (Å²) in [4.78, 5) is 30.3. The Hall–Kier alpha value is -3.12. The maximum absolute atomic E-state index is 13.3. The monoisotopic (exact) mass is 492 g/mol. The van der Waals surface area contributed by atoms with Crippen LogP contribution in [0.4, 0.5) is 0 Å². The molecule has 1 aliphatic rings. The van der Waals surface area contributed by atoms with Gasteiger partial charge in [0.1, 0.15) is 11.5 Å². The molecule has 1 N–H and O–H groups in total. The van der Waals surface area contributed by atoms with Crippen LogP contribution in [0.25, 0.3) is 5.76 Å². The molecule has 3 rings (SSSR count). The molecule has 0 radical (unpaired) electrons. The number of carbonyl (C=O) groups is 2. The van der Waals surface area contributed by atoms with Crippen molar-refractivity contribution in [3.05, 3.63) is 70.8 Å². The molecule has 0 aromatic heterocycles. The van der Waals surface area contributed by atoms with E-state index in [0.717, 1.165) is 24.2 Å². The van der Waals surface area contributed by atoms with E-state index in [-0.39, 0.29) is 22.9 Å². The van der Waals surface area contributed by atoms with Crippen LogP contribution in [0.2, 0.25) is 0 Å². The molecule has 0 aliphatic carbocycles. The van der Waals surface area contributed by atoms with Gasteiger partial charge in [0, 0.05) is 18.7 Å². The molecule has 194 valence electrons. The Bertz CT molecular complexity index is 1090. The van der Waals surface area contributed by atoms with Crippen LogP contribution in [0.15, 0.2) is 54.1 Å². The molecule has 1 atom stereocenters. The molecule has 0 spiro atoms. The number of likely N-dealkylation sites (N-methyl/N-ethyl adjacent to an activating group) is 1. The van der Waals surface area contributed by atoms with Gasteiger partial charge in [-0.15, -0.1) is 0 Å². The molecule has 1 fully saturated rings. The summed E-state index contributed by atoms with van der Waals surface area (Å²) in [7, 11) is 0. The Morgan fingerprint density at radius 1 is 1.00 bits per heavy atom. The number of likely N-dealkylation sites (tertiary alicyclic amines) is 1. The van der Waals surface area contributed by atoms with Gasteiger partial charge in [-0.1, -0.05) is 58.9 Å². The van der Waals surface area contributed by atoms with E-state index in [9.17, 15) is 14.7 Å². The second-order valence-corrected chi connectivity index (χ2v) is 10.6. The van der Waals surface area contributed by atoms with Gasteiger partial charge in [-0.2, -0.15) is 0 Å². The second-order valence-electron chi connectivity index (χ2n) is 10.6. The number of ketones is 1. The molecule has 1 saturated heterocycles. The van der Waals surface area contributed by atoms with Crippen molar-refractivity contribution < 1.29 is 19.4 Å². The Morgan fingerprint density at radius 2 is 1.58 bits per heavy atom. The van der Waals surface area contributed by atoms with Crippen LogP contribution in [0, 0.1) is 0 Å². The van der Waals surface area contributed by atoms with E-state index in [0.29, 0.717) is 24.4 Å². The smallest absolute Gasteiger partial charge is 0.295 e. The molecule has 0 saturated carbocycles. The van der Waals surface area contributed by atoms with Crippen molar-refractivity contribution in [3.63, 3.8) is 0 Å². The maximum Gasteiger partial charge on any atom is 0.295 e. The highest BCUT2D eigenvalue weighted by molar-refractivity contribution is 6.46. The summed E-state index contributed by atoms with van der Waals surface area (Å²) in [5.74, 6) is -0.719. The highest BCUT2D eigenvalue weighted by atomic mass is 16.5. The zero-order valence-corrected chi connectivity index (χ0v) is 22.7. The van der Waals surface area contributed by atoms with E-state index in [1.54, 1.807) is 29.2 Å². The SMILES string of the molecule is CCN(CC)CCN1C(=O)C(=O)/C(=C(/O)c2ccc(OC(C)C)cc2)[C@H]1c1ccc(C(C)(C)C)cc1. The fourth-order valence-electron chi connectivity index (χ4n) is 4.53. The topological polar surface area (TPSA) is 70.1 Å². The number of rotatable bonds is 9. The molecule has 2 aromatic carbocycles. The van der Waals surface area contributed by atoms with Crippen LogP contribution in [0.5, 0.6) is 5.75 Å².